The van der Waals surface area contributed by atoms with E-state index in [1.54, 1.807) is 36.0 Å². The molecule has 4 aliphatic heterocycles. The number of rotatable bonds is 7. The highest BCUT2D eigenvalue weighted by molar-refractivity contribution is 6.01. The molecule has 14 nitrogen and oxygen atoms in total. The zero-order valence-corrected chi connectivity index (χ0v) is 30.5. The number of piperidine rings is 1. The first-order valence-corrected chi connectivity index (χ1v) is 19.1. The average molecular weight is 745 g/mol. The molecule has 7 heterocycles. The van der Waals surface area contributed by atoms with E-state index in [9.17, 15) is 19.2 Å². The highest BCUT2D eigenvalue weighted by Crippen LogP contribution is 2.50. The van der Waals surface area contributed by atoms with Crippen LogP contribution in [0, 0.1) is 11.7 Å². The monoisotopic (exact) mass is 744 g/mol. The molecule has 4 fully saturated rings. The first kappa shape index (κ1) is 33.7. The second-order valence-electron chi connectivity index (χ2n) is 15.7. The Morgan fingerprint density at radius 2 is 1.76 bits per heavy atom. The van der Waals surface area contributed by atoms with Gasteiger partial charge in [0.2, 0.25) is 11.8 Å². The van der Waals surface area contributed by atoms with Gasteiger partial charge in [-0.3, -0.25) is 33.7 Å². The van der Waals surface area contributed by atoms with Gasteiger partial charge in [0, 0.05) is 94.7 Å². The molecule has 1 saturated carbocycles. The van der Waals surface area contributed by atoms with Crippen molar-refractivity contribution in [1.29, 1.82) is 0 Å². The molecule has 1 atom stereocenters. The van der Waals surface area contributed by atoms with Crippen LogP contribution in [-0.4, -0.2) is 99.1 Å². The summed E-state index contributed by atoms with van der Waals surface area (Å²) in [5, 5.41) is 5.38. The molecule has 1 spiro atoms. The van der Waals surface area contributed by atoms with Gasteiger partial charge in [0.15, 0.2) is 5.82 Å². The summed E-state index contributed by atoms with van der Waals surface area (Å²) in [6.07, 6.45) is 4.21. The van der Waals surface area contributed by atoms with Crippen LogP contribution < -0.4 is 26.1 Å². The topological polar surface area (TPSA) is 153 Å². The van der Waals surface area contributed by atoms with Crippen molar-refractivity contribution in [1.82, 2.24) is 39.6 Å². The standard InChI is InChI=1S/C40H41FN10O4/c1-47-34-30(3-2-4-31(34)51(39(47)55)32-7-8-33(52)46-38(32)54)50-20-23(21-50)19-48-13-15-49(16-14-48)24-5-6-25(27(41)17-24)36-42-12-9-28(45-36)29-18-26-35(44-29)40(10-11-40)22-43-37(26)53/h2-6,9,12,17-18,23,32,44H,7-8,10-11,13-16,19-22H2,1H3,(H,43,53)(H,46,52,54). The Morgan fingerprint density at radius 3 is 2.53 bits per heavy atom. The summed E-state index contributed by atoms with van der Waals surface area (Å²) in [4.78, 5) is 69.8. The maximum absolute atomic E-state index is 15.7. The number of piperazine rings is 1. The summed E-state index contributed by atoms with van der Waals surface area (Å²) in [6.45, 7) is 6.60. The largest absolute Gasteiger partial charge is 0.369 e. The number of hydrogen-bond donors (Lipinski definition) is 3. The van der Waals surface area contributed by atoms with Gasteiger partial charge in [-0.1, -0.05) is 6.07 Å². The number of hydrogen-bond acceptors (Lipinski definition) is 9. The molecule has 282 valence electrons. The molecule has 3 amide bonds. The summed E-state index contributed by atoms with van der Waals surface area (Å²) in [5.74, 6) is -0.445. The molecule has 5 aliphatic rings. The Bertz CT molecular complexity index is 2470. The van der Waals surface area contributed by atoms with E-state index in [1.807, 2.05) is 30.3 Å². The van der Waals surface area contributed by atoms with Gasteiger partial charge in [-0.2, -0.15) is 0 Å². The van der Waals surface area contributed by atoms with E-state index in [-0.39, 0.29) is 35.2 Å². The lowest BCUT2D eigenvalue weighted by Crippen LogP contribution is -2.55. The fourth-order valence-corrected chi connectivity index (χ4v) is 9.06. The third-order valence-corrected chi connectivity index (χ3v) is 12.3. The predicted molar refractivity (Wildman–Crippen MR) is 203 cm³/mol. The zero-order chi connectivity index (χ0) is 37.6. The summed E-state index contributed by atoms with van der Waals surface area (Å²) in [5.41, 5.74) is 6.32. The second-order valence-corrected chi connectivity index (χ2v) is 15.7. The molecule has 2 aromatic carbocycles. The molecular formula is C40H41FN10O4. The minimum absolute atomic E-state index is 0.000270. The van der Waals surface area contributed by atoms with E-state index in [1.165, 1.54) is 4.57 Å². The first-order chi connectivity index (χ1) is 26.7. The van der Waals surface area contributed by atoms with Crippen molar-refractivity contribution in [2.24, 2.45) is 13.0 Å². The van der Waals surface area contributed by atoms with Crippen LogP contribution in [0.2, 0.25) is 0 Å². The fourth-order valence-electron chi connectivity index (χ4n) is 9.06. The SMILES string of the molecule is Cn1c(=O)n(C2CCC(=O)NC2=O)c2cccc(N3CC(CN4CCN(c5ccc(-c6nccc(-c7cc8c([nH]7)C7(CC7)CNC8=O)n6)c(F)c5)CC4)C3)c21. The molecule has 55 heavy (non-hydrogen) atoms. The lowest BCUT2D eigenvalue weighted by atomic mass is 9.95. The number of anilines is 2. The van der Waals surface area contributed by atoms with E-state index in [4.69, 9.17) is 4.98 Å². The summed E-state index contributed by atoms with van der Waals surface area (Å²) >= 11 is 0. The third kappa shape index (κ3) is 5.62. The van der Waals surface area contributed by atoms with Crippen LogP contribution in [0.1, 0.15) is 47.8 Å². The summed E-state index contributed by atoms with van der Waals surface area (Å²) < 4.78 is 18.8. The number of aryl methyl sites for hydroxylation is 1. The lowest BCUT2D eigenvalue weighted by Gasteiger charge is -2.45. The molecule has 0 bridgehead atoms. The van der Waals surface area contributed by atoms with E-state index in [0.717, 1.165) is 86.9 Å². The molecule has 5 aromatic rings. The smallest absolute Gasteiger partial charge is 0.329 e. The Balaban J connectivity index is 0.769. The van der Waals surface area contributed by atoms with Gasteiger partial charge in [0.1, 0.15) is 11.9 Å². The maximum Gasteiger partial charge on any atom is 0.329 e. The molecule has 1 aliphatic carbocycles. The molecule has 10 rings (SSSR count). The molecule has 1 unspecified atom stereocenters. The number of imidazole rings is 1. The fraction of sp³-hybridized carbons (Fsp3) is 0.400. The lowest BCUT2D eigenvalue weighted by molar-refractivity contribution is -0.135. The molecule has 3 aromatic heterocycles. The highest BCUT2D eigenvalue weighted by atomic mass is 19.1. The van der Waals surface area contributed by atoms with Crippen LogP contribution in [0.4, 0.5) is 15.8 Å². The number of fused-ring (bicyclic) bond motifs is 3. The van der Waals surface area contributed by atoms with Gasteiger partial charge in [0.05, 0.1) is 39.2 Å². The van der Waals surface area contributed by atoms with Crippen LogP contribution in [0.25, 0.3) is 33.8 Å². The predicted octanol–water partition coefficient (Wildman–Crippen LogP) is 2.94. The van der Waals surface area contributed by atoms with Gasteiger partial charge in [0.25, 0.3) is 5.91 Å². The van der Waals surface area contributed by atoms with Gasteiger partial charge in [-0.15, -0.1) is 0 Å². The summed E-state index contributed by atoms with van der Waals surface area (Å²) in [6, 6.07) is 14.0. The van der Waals surface area contributed by atoms with Crippen LogP contribution in [-0.2, 0) is 22.1 Å². The number of H-pyrrole nitrogens is 1. The minimum Gasteiger partial charge on any atom is -0.369 e. The number of aromatic amines is 1. The molecule has 0 radical (unpaired) electrons. The van der Waals surface area contributed by atoms with Gasteiger partial charge >= 0.3 is 5.69 Å². The number of para-hydroxylation sites is 1. The average Bonchev–Trinajstić information content (AvgIpc) is 3.72. The number of nitrogens with zero attached hydrogens (tertiary/aromatic N) is 7. The Hall–Kier alpha value is -5.83. The molecular weight excluding hydrogens is 704 g/mol. The minimum atomic E-state index is -0.712. The van der Waals surface area contributed by atoms with Gasteiger partial charge in [-0.25, -0.2) is 19.2 Å². The Morgan fingerprint density at radius 1 is 0.945 bits per heavy atom. The Labute approximate surface area is 315 Å². The normalized spacial score (nSPS) is 21.1. The van der Waals surface area contributed by atoms with E-state index in [2.05, 4.69) is 35.3 Å². The molecule has 3 saturated heterocycles. The number of carbonyl (C=O) groups excluding carboxylic acids is 3. The van der Waals surface area contributed by atoms with E-state index >= 15 is 4.39 Å². The van der Waals surface area contributed by atoms with Crippen molar-refractivity contribution in [3.05, 3.63) is 82.3 Å². The van der Waals surface area contributed by atoms with Crippen LogP contribution in [0.5, 0.6) is 0 Å². The van der Waals surface area contributed by atoms with Crippen molar-refractivity contribution in [3.8, 4) is 22.8 Å². The van der Waals surface area contributed by atoms with Crippen molar-refractivity contribution < 1.29 is 18.8 Å². The number of benzene rings is 2. The van der Waals surface area contributed by atoms with Crippen molar-refractivity contribution >= 4 is 40.1 Å². The second kappa shape index (κ2) is 12.6. The van der Waals surface area contributed by atoms with E-state index < -0.39 is 11.9 Å². The Kier molecular flexibility index (Phi) is 7.73. The van der Waals surface area contributed by atoms with Crippen LogP contribution in [0.3, 0.4) is 0 Å². The molecule has 15 heteroatoms. The zero-order valence-electron chi connectivity index (χ0n) is 30.5. The molecule has 3 N–H and O–H groups in total. The number of nitrogens with one attached hydrogen (secondary N) is 3. The highest BCUT2D eigenvalue weighted by Gasteiger charge is 2.50. The number of carbonyl (C=O) groups is 3. The number of imide groups is 1. The van der Waals surface area contributed by atoms with Crippen LogP contribution >= 0.6 is 0 Å². The van der Waals surface area contributed by atoms with Gasteiger partial charge < -0.3 is 20.1 Å². The number of halogens is 1. The van der Waals surface area contributed by atoms with Crippen molar-refractivity contribution in [3.63, 3.8) is 0 Å². The van der Waals surface area contributed by atoms with Crippen molar-refractivity contribution in [2.45, 2.75) is 37.1 Å². The first-order valence-electron chi connectivity index (χ1n) is 19.1. The van der Waals surface area contributed by atoms with Gasteiger partial charge in [-0.05, 0) is 61.7 Å². The van der Waals surface area contributed by atoms with E-state index in [0.29, 0.717) is 47.0 Å². The number of aromatic nitrogens is 5. The quantitative estimate of drug-likeness (QED) is 0.214. The number of amides is 3. The van der Waals surface area contributed by atoms with Crippen LogP contribution in [0.15, 0.2) is 59.5 Å². The maximum atomic E-state index is 15.7. The summed E-state index contributed by atoms with van der Waals surface area (Å²) in [7, 11) is 1.74. The third-order valence-electron chi connectivity index (χ3n) is 12.3. The van der Waals surface area contributed by atoms with Crippen molar-refractivity contribution in [2.75, 3.05) is 62.2 Å².